The van der Waals surface area contributed by atoms with Gasteiger partial charge in [-0.15, -0.1) is 0 Å². The molecule has 0 aromatic rings. The van der Waals surface area contributed by atoms with E-state index in [1.807, 2.05) is 11.8 Å². The van der Waals surface area contributed by atoms with Crippen LogP contribution in [-0.2, 0) is 9.59 Å². The molecule has 1 fully saturated rings. The molecule has 1 aliphatic heterocycles. The number of hydrogen-bond donors (Lipinski definition) is 2. The number of rotatable bonds is 4. The zero-order valence-corrected chi connectivity index (χ0v) is 8.85. The zero-order valence-electron chi connectivity index (χ0n) is 8.85. The molecule has 0 radical (unpaired) electrons. The molecule has 0 saturated carbocycles. The predicted molar refractivity (Wildman–Crippen MR) is 53.6 cm³/mol. The van der Waals surface area contributed by atoms with Crippen LogP contribution in [0.4, 0.5) is 0 Å². The Morgan fingerprint density at radius 1 is 1.33 bits per heavy atom. The standard InChI is InChI=1S/C10H17NO4/c1-2-8(10(14)15)11-5-3-7(4-6-11)9(12)13/h7-8H,2-6H2,1H3,(H,12,13)(H,14,15). The van der Waals surface area contributed by atoms with Crippen LogP contribution in [0.1, 0.15) is 26.2 Å². The number of aliphatic carboxylic acids is 2. The molecule has 1 rings (SSSR count). The summed E-state index contributed by atoms with van der Waals surface area (Å²) in [6.07, 6.45) is 1.67. The van der Waals surface area contributed by atoms with E-state index in [0.717, 1.165) is 0 Å². The molecular formula is C10H17NO4. The normalized spacial score (nSPS) is 21.1. The van der Waals surface area contributed by atoms with Crippen molar-refractivity contribution in [3.8, 4) is 0 Å². The van der Waals surface area contributed by atoms with Crippen LogP contribution in [0.2, 0.25) is 0 Å². The summed E-state index contributed by atoms with van der Waals surface area (Å²) in [5.74, 6) is -1.88. The Hall–Kier alpha value is -1.10. The number of carbonyl (C=O) groups is 2. The lowest BCUT2D eigenvalue weighted by Gasteiger charge is -2.33. The quantitative estimate of drug-likeness (QED) is 0.719. The van der Waals surface area contributed by atoms with Crippen LogP contribution in [0.25, 0.3) is 0 Å². The highest BCUT2D eigenvalue weighted by Crippen LogP contribution is 2.20. The SMILES string of the molecule is CCC(C(=O)O)N1CCC(C(=O)O)CC1. The van der Waals surface area contributed by atoms with Gasteiger partial charge in [0, 0.05) is 0 Å². The fraction of sp³-hybridized carbons (Fsp3) is 0.800. The molecular weight excluding hydrogens is 198 g/mol. The van der Waals surface area contributed by atoms with E-state index in [4.69, 9.17) is 10.2 Å². The molecule has 0 amide bonds. The maximum atomic E-state index is 10.9. The van der Waals surface area contributed by atoms with Crippen molar-refractivity contribution in [1.29, 1.82) is 0 Å². The highest BCUT2D eigenvalue weighted by molar-refractivity contribution is 5.73. The Balaban J connectivity index is 2.49. The highest BCUT2D eigenvalue weighted by Gasteiger charge is 2.30. The zero-order chi connectivity index (χ0) is 11.4. The van der Waals surface area contributed by atoms with Gasteiger partial charge in [0.15, 0.2) is 0 Å². The maximum absolute atomic E-state index is 10.9. The van der Waals surface area contributed by atoms with Gasteiger partial charge in [0.05, 0.1) is 5.92 Å². The molecule has 1 aliphatic rings. The van der Waals surface area contributed by atoms with E-state index in [1.54, 1.807) is 0 Å². The van der Waals surface area contributed by atoms with Crippen molar-refractivity contribution in [2.45, 2.75) is 32.2 Å². The van der Waals surface area contributed by atoms with Gasteiger partial charge in [-0.2, -0.15) is 0 Å². The van der Waals surface area contributed by atoms with Crippen LogP contribution in [0.5, 0.6) is 0 Å². The van der Waals surface area contributed by atoms with Gasteiger partial charge >= 0.3 is 11.9 Å². The monoisotopic (exact) mass is 215 g/mol. The van der Waals surface area contributed by atoms with Crippen molar-refractivity contribution in [1.82, 2.24) is 4.90 Å². The second-order valence-electron chi connectivity index (χ2n) is 3.91. The maximum Gasteiger partial charge on any atom is 0.320 e. The number of piperidine rings is 1. The molecule has 5 heteroatoms. The summed E-state index contributed by atoms with van der Waals surface area (Å²) >= 11 is 0. The van der Waals surface area contributed by atoms with Crippen molar-refractivity contribution in [3.05, 3.63) is 0 Å². The van der Waals surface area contributed by atoms with Gasteiger partial charge in [0.1, 0.15) is 6.04 Å². The van der Waals surface area contributed by atoms with Crippen LogP contribution in [0.15, 0.2) is 0 Å². The van der Waals surface area contributed by atoms with Crippen molar-refractivity contribution < 1.29 is 19.8 Å². The minimum absolute atomic E-state index is 0.299. The minimum atomic E-state index is -0.814. The van der Waals surface area contributed by atoms with Crippen molar-refractivity contribution in [2.75, 3.05) is 13.1 Å². The molecule has 1 atom stereocenters. The first-order valence-corrected chi connectivity index (χ1v) is 5.26. The number of carboxylic acids is 2. The average Bonchev–Trinajstić information content (AvgIpc) is 2.19. The largest absolute Gasteiger partial charge is 0.481 e. The second kappa shape index (κ2) is 5.11. The van der Waals surface area contributed by atoms with Crippen molar-refractivity contribution >= 4 is 11.9 Å². The molecule has 5 nitrogen and oxygen atoms in total. The molecule has 1 unspecified atom stereocenters. The summed E-state index contributed by atoms with van der Waals surface area (Å²) in [7, 11) is 0. The average molecular weight is 215 g/mol. The molecule has 0 aromatic carbocycles. The molecule has 1 saturated heterocycles. The van der Waals surface area contributed by atoms with E-state index in [1.165, 1.54) is 0 Å². The summed E-state index contributed by atoms with van der Waals surface area (Å²) in [5.41, 5.74) is 0. The molecule has 1 heterocycles. The lowest BCUT2D eigenvalue weighted by Crippen LogP contribution is -2.46. The Morgan fingerprint density at radius 2 is 1.87 bits per heavy atom. The number of nitrogens with zero attached hydrogens (tertiary/aromatic N) is 1. The molecule has 2 N–H and O–H groups in total. The Bertz CT molecular complexity index is 246. The molecule has 0 bridgehead atoms. The lowest BCUT2D eigenvalue weighted by molar-refractivity contribution is -0.146. The molecule has 86 valence electrons. The smallest absolute Gasteiger partial charge is 0.320 e. The van der Waals surface area contributed by atoms with Crippen LogP contribution < -0.4 is 0 Å². The predicted octanol–water partition coefficient (Wildman–Crippen LogP) is 0.646. The third-order valence-electron chi connectivity index (χ3n) is 2.99. The molecule has 15 heavy (non-hydrogen) atoms. The van der Waals surface area contributed by atoms with Gasteiger partial charge in [-0.1, -0.05) is 6.92 Å². The lowest BCUT2D eigenvalue weighted by atomic mass is 9.95. The third kappa shape index (κ3) is 2.92. The van der Waals surface area contributed by atoms with Crippen LogP contribution in [0, 0.1) is 5.92 Å². The summed E-state index contributed by atoms with van der Waals surface area (Å²) in [6.45, 7) is 2.98. The summed E-state index contributed by atoms with van der Waals surface area (Å²) in [4.78, 5) is 23.4. The summed E-state index contributed by atoms with van der Waals surface area (Å²) in [6, 6.07) is -0.459. The second-order valence-corrected chi connectivity index (χ2v) is 3.91. The van der Waals surface area contributed by atoms with E-state index in [2.05, 4.69) is 0 Å². The minimum Gasteiger partial charge on any atom is -0.481 e. The van der Waals surface area contributed by atoms with E-state index >= 15 is 0 Å². The van der Waals surface area contributed by atoms with Crippen molar-refractivity contribution in [2.24, 2.45) is 5.92 Å². The number of hydrogen-bond acceptors (Lipinski definition) is 3. The number of likely N-dealkylation sites (tertiary alicyclic amines) is 1. The van der Waals surface area contributed by atoms with Crippen LogP contribution in [0.3, 0.4) is 0 Å². The van der Waals surface area contributed by atoms with Gasteiger partial charge in [-0.05, 0) is 32.4 Å². The first kappa shape index (κ1) is 12.0. The fourth-order valence-corrected chi connectivity index (χ4v) is 2.05. The van der Waals surface area contributed by atoms with E-state index in [9.17, 15) is 9.59 Å². The van der Waals surface area contributed by atoms with Gasteiger partial charge in [-0.25, -0.2) is 0 Å². The molecule has 0 aromatic heterocycles. The first-order chi connectivity index (χ1) is 7.06. The van der Waals surface area contributed by atoms with Crippen LogP contribution in [-0.4, -0.2) is 46.2 Å². The van der Waals surface area contributed by atoms with E-state index < -0.39 is 18.0 Å². The van der Waals surface area contributed by atoms with Gasteiger partial charge in [0.2, 0.25) is 0 Å². The fourth-order valence-electron chi connectivity index (χ4n) is 2.05. The molecule has 0 spiro atoms. The topological polar surface area (TPSA) is 77.8 Å². The van der Waals surface area contributed by atoms with Crippen LogP contribution >= 0.6 is 0 Å². The summed E-state index contributed by atoms with van der Waals surface area (Å²) < 4.78 is 0. The third-order valence-corrected chi connectivity index (χ3v) is 2.99. The first-order valence-electron chi connectivity index (χ1n) is 5.26. The van der Waals surface area contributed by atoms with Gasteiger partial charge < -0.3 is 10.2 Å². The van der Waals surface area contributed by atoms with E-state index in [0.29, 0.717) is 32.4 Å². The number of carboxylic acid groups (broad SMARTS) is 2. The molecule has 0 aliphatic carbocycles. The highest BCUT2D eigenvalue weighted by atomic mass is 16.4. The Labute approximate surface area is 88.7 Å². The van der Waals surface area contributed by atoms with Crippen molar-refractivity contribution in [3.63, 3.8) is 0 Å². The Morgan fingerprint density at radius 3 is 2.20 bits per heavy atom. The van der Waals surface area contributed by atoms with Gasteiger partial charge in [0.25, 0.3) is 0 Å². The van der Waals surface area contributed by atoms with E-state index in [-0.39, 0.29) is 5.92 Å². The Kier molecular flexibility index (Phi) is 4.08. The summed E-state index contributed by atoms with van der Waals surface area (Å²) in [5, 5.41) is 17.7. The van der Waals surface area contributed by atoms with Gasteiger partial charge in [-0.3, -0.25) is 14.5 Å².